The number of ether oxygens (including phenoxy) is 3. The Hall–Kier alpha value is -0.690. The van der Waals surface area contributed by atoms with Gasteiger partial charge in [0, 0.05) is 19.5 Å². The summed E-state index contributed by atoms with van der Waals surface area (Å²) in [5.74, 6) is 0.567. The molecule has 0 bridgehead atoms. The van der Waals surface area contributed by atoms with Gasteiger partial charge in [-0.1, -0.05) is 13.8 Å². The Bertz CT molecular complexity index is 262. The molecule has 1 amide bonds. The van der Waals surface area contributed by atoms with Crippen LogP contribution in [0.3, 0.4) is 0 Å². The molecule has 118 valence electrons. The summed E-state index contributed by atoms with van der Waals surface area (Å²) < 4.78 is 16.3. The minimum Gasteiger partial charge on any atom is -0.377 e. The molecule has 1 aliphatic rings. The van der Waals surface area contributed by atoms with Crippen molar-refractivity contribution in [1.29, 1.82) is 0 Å². The van der Waals surface area contributed by atoms with Crippen molar-refractivity contribution in [2.24, 2.45) is 5.92 Å². The maximum atomic E-state index is 12.4. The van der Waals surface area contributed by atoms with Gasteiger partial charge in [-0.3, -0.25) is 4.79 Å². The molecule has 6 heteroatoms. The smallest absolute Gasteiger partial charge is 0.280 e. The molecule has 0 unspecified atom stereocenters. The van der Waals surface area contributed by atoms with E-state index >= 15 is 0 Å². The molecule has 1 fully saturated rings. The number of carbonyl (C=O) groups excluding carboxylic acids is 1. The van der Waals surface area contributed by atoms with Crippen molar-refractivity contribution in [2.45, 2.75) is 26.3 Å². The van der Waals surface area contributed by atoms with Crippen molar-refractivity contribution >= 4 is 5.91 Å². The summed E-state index contributed by atoms with van der Waals surface area (Å²) >= 11 is 0. The average molecular weight is 289 g/mol. The molecule has 1 aliphatic heterocycles. The molecule has 0 aliphatic carbocycles. The number of rotatable bonds is 3. The fraction of sp³-hybridized carbons (Fsp3) is 0.929. The lowest BCUT2D eigenvalue weighted by atomic mass is 10.0. The summed E-state index contributed by atoms with van der Waals surface area (Å²) in [6, 6.07) is -0.189. The highest BCUT2D eigenvalue weighted by molar-refractivity contribution is 5.80. The minimum atomic E-state index is -0.189. The van der Waals surface area contributed by atoms with Crippen LogP contribution in [-0.4, -0.2) is 69.6 Å². The van der Waals surface area contributed by atoms with Gasteiger partial charge in [0.25, 0.3) is 5.91 Å². The van der Waals surface area contributed by atoms with E-state index in [1.807, 2.05) is 4.90 Å². The molecule has 1 rings (SSSR count). The summed E-state index contributed by atoms with van der Waals surface area (Å²) in [6.07, 6.45) is 0.810. The maximum Gasteiger partial charge on any atom is 0.280 e. The molecule has 20 heavy (non-hydrogen) atoms. The maximum absolute atomic E-state index is 12.4. The molecule has 0 saturated carbocycles. The van der Waals surface area contributed by atoms with E-state index < -0.39 is 0 Å². The van der Waals surface area contributed by atoms with Gasteiger partial charge in [0.1, 0.15) is 0 Å². The van der Waals surface area contributed by atoms with Gasteiger partial charge in [-0.2, -0.15) is 0 Å². The first kappa shape index (κ1) is 17.4. The highest BCUT2D eigenvalue weighted by Crippen LogP contribution is 2.05. The van der Waals surface area contributed by atoms with Gasteiger partial charge >= 0.3 is 0 Å². The summed E-state index contributed by atoms with van der Waals surface area (Å²) in [6.45, 7) is 8.71. The molecule has 0 aromatic rings. The third kappa shape index (κ3) is 7.19. The quantitative estimate of drug-likeness (QED) is 0.762. The first-order chi connectivity index (χ1) is 9.61. The number of quaternary nitrogens is 1. The summed E-state index contributed by atoms with van der Waals surface area (Å²) in [5.41, 5.74) is 3.99. The summed E-state index contributed by atoms with van der Waals surface area (Å²) in [4.78, 5) is 14.2. The second-order valence-corrected chi connectivity index (χ2v) is 5.49. The largest absolute Gasteiger partial charge is 0.377 e. The van der Waals surface area contributed by atoms with Crippen molar-refractivity contribution in [3.8, 4) is 0 Å². The van der Waals surface area contributed by atoms with Crippen molar-refractivity contribution in [2.75, 3.05) is 52.7 Å². The molecule has 1 saturated heterocycles. The SMILES string of the molecule is CC(C)C[C@@H]([NH3+])C(=O)N1CCOCCOCCOCC1. The van der Waals surface area contributed by atoms with Gasteiger partial charge in [-0.25, -0.2) is 0 Å². The Balaban J connectivity index is 2.46. The van der Waals surface area contributed by atoms with Crippen LogP contribution in [0, 0.1) is 5.92 Å². The van der Waals surface area contributed by atoms with E-state index in [2.05, 4.69) is 19.6 Å². The first-order valence-electron chi connectivity index (χ1n) is 7.46. The zero-order chi connectivity index (χ0) is 14.8. The zero-order valence-electron chi connectivity index (χ0n) is 12.8. The lowest BCUT2D eigenvalue weighted by Crippen LogP contribution is -2.68. The van der Waals surface area contributed by atoms with Crippen molar-refractivity contribution in [1.82, 2.24) is 4.90 Å². The fourth-order valence-electron chi connectivity index (χ4n) is 2.15. The topological polar surface area (TPSA) is 75.6 Å². The van der Waals surface area contributed by atoms with Crippen LogP contribution in [-0.2, 0) is 19.0 Å². The zero-order valence-corrected chi connectivity index (χ0v) is 12.8. The lowest BCUT2D eigenvalue weighted by molar-refractivity contribution is -0.408. The third-order valence-electron chi connectivity index (χ3n) is 3.17. The second-order valence-electron chi connectivity index (χ2n) is 5.49. The van der Waals surface area contributed by atoms with Gasteiger partial charge in [0.05, 0.1) is 39.6 Å². The number of hydrogen-bond donors (Lipinski definition) is 1. The van der Waals surface area contributed by atoms with Gasteiger partial charge in [-0.15, -0.1) is 0 Å². The average Bonchev–Trinajstić information content (AvgIpc) is 2.38. The van der Waals surface area contributed by atoms with Crippen LogP contribution in [0.4, 0.5) is 0 Å². The molecule has 0 radical (unpaired) electrons. The van der Waals surface area contributed by atoms with Gasteiger partial charge in [-0.05, 0) is 5.92 Å². The van der Waals surface area contributed by atoms with E-state index in [9.17, 15) is 4.79 Å². The molecule has 3 N–H and O–H groups in total. The van der Waals surface area contributed by atoms with Crippen molar-refractivity contribution < 1.29 is 24.7 Å². The van der Waals surface area contributed by atoms with Crippen LogP contribution in [0.5, 0.6) is 0 Å². The van der Waals surface area contributed by atoms with Crippen LogP contribution in [0.1, 0.15) is 20.3 Å². The van der Waals surface area contributed by atoms with Gasteiger partial charge in [0.2, 0.25) is 0 Å². The number of carbonyl (C=O) groups is 1. The monoisotopic (exact) mass is 289 g/mol. The second kappa shape index (κ2) is 10.1. The molecular formula is C14H29N2O4+. The summed E-state index contributed by atoms with van der Waals surface area (Å²) in [5, 5.41) is 0. The molecule has 0 aromatic carbocycles. The predicted octanol–water partition coefficient (Wildman–Crippen LogP) is -0.465. The van der Waals surface area contributed by atoms with Gasteiger partial charge in [0.15, 0.2) is 6.04 Å². The van der Waals surface area contributed by atoms with E-state index in [4.69, 9.17) is 14.2 Å². The highest BCUT2D eigenvalue weighted by Gasteiger charge is 2.24. The fourth-order valence-corrected chi connectivity index (χ4v) is 2.15. The Morgan fingerprint density at radius 1 is 1.00 bits per heavy atom. The van der Waals surface area contributed by atoms with Crippen LogP contribution in [0.25, 0.3) is 0 Å². The van der Waals surface area contributed by atoms with E-state index in [0.717, 1.165) is 6.42 Å². The van der Waals surface area contributed by atoms with E-state index in [1.165, 1.54) is 0 Å². The minimum absolute atomic E-state index is 0.0965. The lowest BCUT2D eigenvalue weighted by Gasteiger charge is -2.25. The van der Waals surface area contributed by atoms with Crippen LogP contribution >= 0.6 is 0 Å². The Morgan fingerprint density at radius 2 is 1.45 bits per heavy atom. The molecule has 1 atom stereocenters. The standard InChI is InChI=1S/C14H28N2O4/c1-12(2)11-13(15)14(17)16-3-5-18-7-9-20-10-8-19-6-4-16/h12-13H,3-11,15H2,1-2H3/p+1/t13-/m1/s1. The first-order valence-corrected chi connectivity index (χ1v) is 7.46. The Morgan fingerprint density at radius 3 is 1.90 bits per heavy atom. The Labute approximate surface area is 121 Å². The van der Waals surface area contributed by atoms with Crippen LogP contribution < -0.4 is 5.73 Å². The molecular weight excluding hydrogens is 260 g/mol. The summed E-state index contributed by atoms with van der Waals surface area (Å²) in [7, 11) is 0. The van der Waals surface area contributed by atoms with E-state index in [0.29, 0.717) is 58.6 Å². The number of amides is 1. The molecule has 6 nitrogen and oxygen atoms in total. The molecule has 1 heterocycles. The molecule has 0 aromatic heterocycles. The Kier molecular flexibility index (Phi) is 8.77. The predicted molar refractivity (Wildman–Crippen MR) is 75.2 cm³/mol. The normalized spacial score (nSPS) is 21.1. The molecule has 0 spiro atoms. The third-order valence-corrected chi connectivity index (χ3v) is 3.17. The number of nitrogens with zero attached hydrogens (tertiary/aromatic N) is 1. The van der Waals surface area contributed by atoms with Gasteiger partial charge < -0.3 is 24.8 Å². The van der Waals surface area contributed by atoms with Crippen LogP contribution in [0.2, 0.25) is 0 Å². The van der Waals surface area contributed by atoms with E-state index in [1.54, 1.807) is 0 Å². The number of hydrogen-bond acceptors (Lipinski definition) is 4. The van der Waals surface area contributed by atoms with E-state index in [-0.39, 0.29) is 11.9 Å². The van der Waals surface area contributed by atoms with Crippen LogP contribution in [0.15, 0.2) is 0 Å². The van der Waals surface area contributed by atoms with Crippen molar-refractivity contribution in [3.05, 3.63) is 0 Å². The van der Waals surface area contributed by atoms with Crippen molar-refractivity contribution in [3.63, 3.8) is 0 Å². The highest BCUT2D eigenvalue weighted by atomic mass is 16.5.